The minimum atomic E-state index is -0.193. The van der Waals surface area contributed by atoms with Crippen molar-refractivity contribution in [3.63, 3.8) is 0 Å². The first-order valence-electron chi connectivity index (χ1n) is 7.22. The van der Waals surface area contributed by atoms with Gasteiger partial charge in [0.15, 0.2) is 0 Å². The fraction of sp³-hybridized carbons (Fsp3) is 0.312. The molecule has 1 aliphatic carbocycles. The van der Waals surface area contributed by atoms with E-state index in [2.05, 4.69) is 5.32 Å². The van der Waals surface area contributed by atoms with Crippen LogP contribution in [0.2, 0.25) is 10.0 Å². The van der Waals surface area contributed by atoms with Gasteiger partial charge in [-0.05, 0) is 49.4 Å². The number of fused-ring (bicyclic) bond motifs is 1. The van der Waals surface area contributed by atoms with Crippen molar-refractivity contribution in [3.8, 4) is 0 Å². The van der Waals surface area contributed by atoms with Crippen LogP contribution in [0.25, 0.3) is 0 Å². The van der Waals surface area contributed by atoms with Crippen molar-refractivity contribution in [1.29, 1.82) is 0 Å². The van der Waals surface area contributed by atoms with Crippen molar-refractivity contribution in [2.45, 2.75) is 32.1 Å². The highest BCUT2D eigenvalue weighted by atomic mass is 35.5. The smallest absolute Gasteiger partial charge is 0.258 e. The fourth-order valence-corrected chi connectivity index (χ4v) is 4.40. The molecule has 1 amide bonds. The first kappa shape index (κ1) is 15.7. The van der Waals surface area contributed by atoms with Gasteiger partial charge in [0.1, 0.15) is 0 Å². The van der Waals surface area contributed by atoms with E-state index in [1.165, 1.54) is 22.6 Å². The molecule has 1 heterocycles. The molecule has 0 bridgehead atoms. The summed E-state index contributed by atoms with van der Waals surface area (Å²) in [5, 5.41) is 4.39. The SMILES string of the molecule is Nc1sc2c(c1C(=O)Nc1ccc(Cl)cc1Cl)CCCCC2. The summed E-state index contributed by atoms with van der Waals surface area (Å²) in [6, 6.07) is 5.00. The number of benzene rings is 1. The van der Waals surface area contributed by atoms with Crippen molar-refractivity contribution in [2.75, 3.05) is 11.1 Å². The van der Waals surface area contributed by atoms with Crippen LogP contribution < -0.4 is 11.1 Å². The molecule has 0 aliphatic heterocycles. The number of anilines is 2. The summed E-state index contributed by atoms with van der Waals surface area (Å²) >= 11 is 13.5. The van der Waals surface area contributed by atoms with Crippen molar-refractivity contribution in [1.82, 2.24) is 0 Å². The zero-order valence-corrected chi connectivity index (χ0v) is 14.2. The number of halogens is 2. The highest BCUT2D eigenvalue weighted by molar-refractivity contribution is 7.16. The minimum Gasteiger partial charge on any atom is -0.390 e. The number of hydrogen-bond acceptors (Lipinski definition) is 3. The molecule has 22 heavy (non-hydrogen) atoms. The number of hydrogen-bond donors (Lipinski definition) is 2. The molecule has 0 radical (unpaired) electrons. The molecule has 1 aromatic carbocycles. The lowest BCUT2D eigenvalue weighted by atomic mass is 10.0. The number of aryl methyl sites for hydroxylation is 1. The van der Waals surface area contributed by atoms with Crippen molar-refractivity contribution in [3.05, 3.63) is 44.2 Å². The molecule has 0 spiro atoms. The lowest BCUT2D eigenvalue weighted by Crippen LogP contribution is -2.15. The lowest BCUT2D eigenvalue weighted by molar-refractivity contribution is 0.102. The quantitative estimate of drug-likeness (QED) is 0.731. The van der Waals surface area contributed by atoms with Gasteiger partial charge in [-0.3, -0.25) is 4.79 Å². The number of nitrogen functional groups attached to an aromatic ring is 1. The highest BCUT2D eigenvalue weighted by Crippen LogP contribution is 2.36. The first-order valence-corrected chi connectivity index (χ1v) is 8.80. The van der Waals surface area contributed by atoms with E-state index in [0.717, 1.165) is 31.2 Å². The van der Waals surface area contributed by atoms with Gasteiger partial charge >= 0.3 is 0 Å². The van der Waals surface area contributed by atoms with E-state index in [1.807, 2.05) is 0 Å². The number of nitrogens with two attached hydrogens (primary N) is 1. The zero-order chi connectivity index (χ0) is 15.7. The third-order valence-electron chi connectivity index (χ3n) is 3.85. The van der Waals surface area contributed by atoms with E-state index in [9.17, 15) is 4.79 Å². The van der Waals surface area contributed by atoms with Gasteiger partial charge in [0.05, 0.1) is 21.3 Å². The molecular weight excluding hydrogens is 339 g/mol. The largest absolute Gasteiger partial charge is 0.390 e. The molecule has 0 unspecified atom stereocenters. The van der Waals surface area contributed by atoms with Crippen molar-refractivity contribution >= 4 is 51.1 Å². The standard InChI is InChI=1S/C16H16Cl2N2OS/c17-9-6-7-12(11(18)8-9)20-16(21)14-10-4-2-1-3-5-13(10)22-15(14)19/h6-8H,1-5,19H2,(H,20,21). The Bertz CT molecular complexity index is 727. The van der Waals surface area contributed by atoms with Crippen LogP contribution in [0.4, 0.5) is 10.7 Å². The van der Waals surface area contributed by atoms with Crippen LogP contribution in [-0.2, 0) is 12.8 Å². The molecule has 1 aromatic heterocycles. The van der Waals surface area contributed by atoms with Crippen LogP contribution in [0, 0.1) is 0 Å². The average molecular weight is 355 g/mol. The number of amides is 1. The zero-order valence-electron chi connectivity index (χ0n) is 11.9. The van der Waals surface area contributed by atoms with E-state index in [4.69, 9.17) is 28.9 Å². The summed E-state index contributed by atoms with van der Waals surface area (Å²) in [6.07, 6.45) is 5.40. The summed E-state index contributed by atoms with van der Waals surface area (Å²) in [4.78, 5) is 13.9. The molecule has 0 atom stereocenters. The monoisotopic (exact) mass is 354 g/mol. The maximum atomic E-state index is 12.6. The number of rotatable bonds is 2. The maximum Gasteiger partial charge on any atom is 0.258 e. The normalized spacial score (nSPS) is 14.3. The predicted molar refractivity (Wildman–Crippen MR) is 94.4 cm³/mol. The Morgan fingerprint density at radius 3 is 2.73 bits per heavy atom. The third-order valence-corrected chi connectivity index (χ3v) is 5.52. The molecule has 2 aromatic rings. The second-order valence-electron chi connectivity index (χ2n) is 5.38. The van der Waals surface area contributed by atoms with Gasteiger partial charge in [0.25, 0.3) is 5.91 Å². The van der Waals surface area contributed by atoms with Crippen LogP contribution >= 0.6 is 34.5 Å². The topological polar surface area (TPSA) is 55.1 Å². The van der Waals surface area contributed by atoms with Crippen LogP contribution in [0.1, 0.15) is 40.1 Å². The van der Waals surface area contributed by atoms with E-state index in [1.54, 1.807) is 18.2 Å². The summed E-state index contributed by atoms with van der Waals surface area (Å²) in [6.45, 7) is 0. The van der Waals surface area contributed by atoms with Crippen LogP contribution in [0.3, 0.4) is 0 Å². The van der Waals surface area contributed by atoms with E-state index in [-0.39, 0.29) is 5.91 Å². The van der Waals surface area contributed by atoms with Gasteiger partial charge in [0, 0.05) is 9.90 Å². The second-order valence-corrected chi connectivity index (χ2v) is 7.36. The summed E-state index contributed by atoms with van der Waals surface area (Å²) in [7, 11) is 0. The van der Waals surface area contributed by atoms with Crippen LogP contribution in [-0.4, -0.2) is 5.91 Å². The minimum absolute atomic E-state index is 0.193. The van der Waals surface area contributed by atoms with E-state index < -0.39 is 0 Å². The van der Waals surface area contributed by atoms with Crippen molar-refractivity contribution < 1.29 is 4.79 Å². The Kier molecular flexibility index (Phi) is 4.62. The molecule has 6 heteroatoms. The summed E-state index contributed by atoms with van der Waals surface area (Å²) < 4.78 is 0. The molecule has 3 nitrogen and oxygen atoms in total. The number of nitrogens with one attached hydrogen (secondary N) is 1. The number of carbonyl (C=O) groups is 1. The number of carbonyl (C=O) groups excluding carboxylic acids is 1. The van der Waals surface area contributed by atoms with Crippen LogP contribution in [0.15, 0.2) is 18.2 Å². The molecule has 0 saturated carbocycles. The predicted octanol–water partition coefficient (Wildman–Crippen LogP) is 5.16. The number of thiophene rings is 1. The Labute approximate surface area is 143 Å². The van der Waals surface area contributed by atoms with Gasteiger partial charge in [-0.15, -0.1) is 11.3 Å². The summed E-state index contributed by atoms with van der Waals surface area (Å²) in [5.74, 6) is -0.193. The molecule has 0 saturated heterocycles. The fourth-order valence-electron chi connectivity index (χ4n) is 2.79. The molecule has 116 valence electrons. The lowest BCUT2D eigenvalue weighted by Gasteiger charge is -2.09. The Hall–Kier alpha value is -1.23. The Balaban J connectivity index is 1.90. The highest BCUT2D eigenvalue weighted by Gasteiger charge is 2.23. The molecule has 0 fully saturated rings. The molecule has 3 rings (SSSR count). The third kappa shape index (κ3) is 3.09. The Morgan fingerprint density at radius 1 is 1.18 bits per heavy atom. The Morgan fingerprint density at radius 2 is 1.95 bits per heavy atom. The van der Waals surface area contributed by atoms with E-state index >= 15 is 0 Å². The average Bonchev–Trinajstić information content (AvgIpc) is 2.63. The summed E-state index contributed by atoms with van der Waals surface area (Å²) in [5.41, 5.74) is 8.37. The molecule has 1 aliphatic rings. The molecular formula is C16H16Cl2N2OS. The van der Waals surface area contributed by atoms with Crippen LogP contribution in [0.5, 0.6) is 0 Å². The van der Waals surface area contributed by atoms with E-state index in [0.29, 0.717) is 26.3 Å². The van der Waals surface area contributed by atoms with Crippen molar-refractivity contribution in [2.24, 2.45) is 0 Å². The maximum absolute atomic E-state index is 12.6. The van der Waals surface area contributed by atoms with Gasteiger partial charge < -0.3 is 11.1 Å². The first-order chi connectivity index (χ1) is 10.6. The molecule has 3 N–H and O–H groups in total. The van der Waals surface area contributed by atoms with Gasteiger partial charge in [-0.25, -0.2) is 0 Å². The van der Waals surface area contributed by atoms with Gasteiger partial charge in [-0.1, -0.05) is 29.6 Å². The van der Waals surface area contributed by atoms with Gasteiger partial charge in [0.2, 0.25) is 0 Å². The van der Waals surface area contributed by atoms with Gasteiger partial charge in [-0.2, -0.15) is 0 Å². The second kappa shape index (κ2) is 6.49.